The van der Waals surface area contributed by atoms with Gasteiger partial charge in [0.25, 0.3) is 0 Å². The molecule has 0 saturated carbocycles. The Morgan fingerprint density at radius 2 is 2.24 bits per heavy atom. The van der Waals surface area contributed by atoms with Crippen LogP contribution in [0.4, 0.5) is 0 Å². The lowest BCUT2D eigenvalue weighted by Crippen LogP contribution is -1.99. The van der Waals surface area contributed by atoms with Crippen LogP contribution in [0.25, 0.3) is 16.6 Å². The third-order valence-corrected chi connectivity index (χ3v) is 2.79. The fourth-order valence-electron chi connectivity index (χ4n) is 1.68. The third kappa shape index (κ3) is 1.85. The highest BCUT2D eigenvalue weighted by Crippen LogP contribution is 2.21. The van der Waals surface area contributed by atoms with Gasteiger partial charge in [-0.05, 0) is 12.1 Å². The van der Waals surface area contributed by atoms with E-state index in [4.69, 9.17) is 16.9 Å². The van der Waals surface area contributed by atoms with Crippen molar-refractivity contribution in [3.8, 4) is 6.07 Å². The number of imidazole rings is 1. The zero-order valence-electron chi connectivity index (χ0n) is 9.18. The maximum absolute atomic E-state index is 9.59. The standard InChI is InChI=1S/C12H10ClN3O/c1-16-10-5-3-2-4-9(10)15-12(16)8(7-14)11(17)6-13/h2-5,17H,6H2,1H3/b11-8-. The molecule has 5 heteroatoms. The summed E-state index contributed by atoms with van der Waals surface area (Å²) < 4.78 is 1.76. The van der Waals surface area contributed by atoms with E-state index < -0.39 is 0 Å². The Bertz CT molecular complexity index is 637. The number of halogens is 1. The van der Waals surface area contributed by atoms with Crippen LogP contribution in [0, 0.1) is 11.3 Å². The first kappa shape index (κ1) is 11.5. The Morgan fingerprint density at radius 3 is 2.82 bits per heavy atom. The van der Waals surface area contributed by atoms with Crippen LogP contribution in [0.5, 0.6) is 0 Å². The number of fused-ring (bicyclic) bond motifs is 1. The topological polar surface area (TPSA) is 61.8 Å². The van der Waals surface area contributed by atoms with E-state index in [1.807, 2.05) is 30.3 Å². The molecule has 0 aliphatic carbocycles. The highest BCUT2D eigenvalue weighted by Gasteiger charge is 2.15. The second kappa shape index (κ2) is 4.48. The summed E-state index contributed by atoms with van der Waals surface area (Å²) in [6, 6.07) is 9.45. The molecular weight excluding hydrogens is 238 g/mol. The van der Waals surface area contributed by atoms with Gasteiger partial charge in [-0.15, -0.1) is 11.6 Å². The molecule has 2 aromatic rings. The highest BCUT2D eigenvalue weighted by atomic mass is 35.5. The minimum Gasteiger partial charge on any atom is -0.510 e. The molecule has 0 spiro atoms. The third-order valence-electron chi connectivity index (χ3n) is 2.54. The molecule has 1 heterocycles. The number of allylic oxidation sites excluding steroid dienone is 2. The van der Waals surface area contributed by atoms with Crippen molar-refractivity contribution >= 4 is 28.2 Å². The molecule has 0 amide bonds. The van der Waals surface area contributed by atoms with Crippen molar-refractivity contribution in [2.45, 2.75) is 0 Å². The van der Waals surface area contributed by atoms with Crippen LogP contribution in [-0.2, 0) is 7.05 Å². The lowest BCUT2D eigenvalue weighted by Gasteiger charge is -2.02. The summed E-state index contributed by atoms with van der Waals surface area (Å²) in [5, 5.41) is 18.6. The molecule has 0 fully saturated rings. The monoisotopic (exact) mass is 247 g/mol. The van der Waals surface area contributed by atoms with Gasteiger partial charge < -0.3 is 9.67 Å². The van der Waals surface area contributed by atoms with Crippen molar-refractivity contribution in [1.29, 1.82) is 5.26 Å². The summed E-state index contributed by atoms with van der Waals surface area (Å²) in [7, 11) is 1.80. The largest absolute Gasteiger partial charge is 0.510 e. The number of nitrogens with zero attached hydrogens (tertiary/aromatic N) is 3. The molecule has 1 aromatic carbocycles. The lowest BCUT2D eigenvalue weighted by molar-refractivity contribution is 0.419. The van der Waals surface area contributed by atoms with Gasteiger partial charge in [-0.3, -0.25) is 0 Å². The minimum atomic E-state index is -0.160. The Morgan fingerprint density at radius 1 is 1.53 bits per heavy atom. The number of aliphatic hydroxyl groups is 1. The van der Waals surface area contributed by atoms with Gasteiger partial charge in [-0.25, -0.2) is 4.98 Å². The van der Waals surface area contributed by atoms with Gasteiger partial charge in [0, 0.05) is 7.05 Å². The Labute approximate surface area is 103 Å². The van der Waals surface area contributed by atoms with Gasteiger partial charge in [0.05, 0.1) is 16.9 Å². The average molecular weight is 248 g/mol. The highest BCUT2D eigenvalue weighted by molar-refractivity contribution is 6.19. The number of para-hydroxylation sites is 2. The Kier molecular flexibility index (Phi) is 3.03. The van der Waals surface area contributed by atoms with E-state index in [1.165, 1.54) is 0 Å². The van der Waals surface area contributed by atoms with Crippen LogP contribution in [0.3, 0.4) is 0 Å². The summed E-state index contributed by atoms with van der Waals surface area (Å²) in [6.45, 7) is 0. The van der Waals surface area contributed by atoms with E-state index in [2.05, 4.69) is 4.98 Å². The molecule has 17 heavy (non-hydrogen) atoms. The number of benzene rings is 1. The van der Waals surface area contributed by atoms with Crippen molar-refractivity contribution in [3.05, 3.63) is 35.8 Å². The fraction of sp³-hybridized carbons (Fsp3) is 0.167. The van der Waals surface area contributed by atoms with E-state index in [1.54, 1.807) is 11.6 Å². The quantitative estimate of drug-likeness (QED) is 0.504. The smallest absolute Gasteiger partial charge is 0.155 e. The Hall–Kier alpha value is -1.99. The first-order valence-corrected chi connectivity index (χ1v) is 5.52. The maximum atomic E-state index is 9.59. The normalized spacial score (nSPS) is 12.3. The fourth-order valence-corrected chi connectivity index (χ4v) is 1.81. The number of aryl methyl sites for hydroxylation is 1. The predicted octanol–water partition coefficient (Wildman–Crippen LogP) is 2.60. The molecule has 0 aliphatic rings. The molecule has 0 aliphatic heterocycles. The maximum Gasteiger partial charge on any atom is 0.155 e. The molecule has 0 radical (unpaired) electrons. The SMILES string of the molecule is Cn1c(/C(C#N)=C(\O)CCl)nc2ccccc21. The second-order valence-electron chi connectivity index (χ2n) is 3.55. The molecule has 0 atom stereocenters. The summed E-state index contributed by atoms with van der Waals surface area (Å²) >= 11 is 5.53. The van der Waals surface area contributed by atoms with E-state index >= 15 is 0 Å². The van der Waals surface area contributed by atoms with E-state index in [0.717, 1.165) is 11.0 Å². The number of nitriles is 1. The lowest BCUT2D eigenvalue weighted by atomic mass is 10.2. The zero-order chi connectivity index (χ0) is 12.4. The molecule has 4 nitrogen and oxygen atoms in total. The van der Waals surface area contributed by atoms with E-state index in [-0.39, 0.29) is 17.2 Å². The Balaban J connectivity index is 2.72. The number of hydrogen-bond donors (Lipinski definition) is 1. The first-order valence-electron chi connectivity index (χ1n) is 4.99. The number of aromatic nitrogens is 2. The molecule has 0 saturated heterocycles. The molecule has 1 N–H and O–H groups in total. The molecule has 0 bridgehead atoms. The molecule has 0 unspecified atom stereocenters. The van der Waals surface area contributed by atoms with E-state index in [0.29, 0.717) is 5.82 Å². The predicted molar refractivity (Wildman–Crippen MR) is 66.6 cm³/mol. The first-order chi connectivity index (χ1) is 8.19. The summed E-state index contributed by atoms with van der Waals surface area (Å²) in [6.07, 6.45) is 0. The zero-order valence-corrected chi connectivity index (χ0v) is 9.94. The minimum absolute atomic E-state index is 0.105. The van der Waals surface area contributed by atoms with Crippen LogP contribution >= 0.6 is 11.6 Å². The number of aliphatic hydroxyl groups excluding tert-OH is 1. The molecule has 1 aromatic heterocycles. The average Bonchev–Trinajstić information content (AvgIpc) is 2.68. The summed E-state index contributed by atoms with van der Waals surface area (Å²) in [5.41, 5.74) is 1.79. The number of hydrogen-bond acceptors (Lipinski definition) is 3. The van der Waals surface area contributed by atoms with Crippen molar-refractivity contribution in [2.24, 2.45) is 7.05 Å². The number of rotatable bonds is 2. The second-order valence-corrected chi connectivity index (χ2v) is 3.82. The van der Waals surface area contributed by atoms with Gasteiger partial charge in [-0.2, -0.15) is 5.26 Å². The van der Waals surface area contributed by atoms with Crippen LogP contribution in [0.2, 0.25) is 0 Å². The van der Waals surface area contributed by atoms with Gasteiger partial charge >= 0.3 is 0 Å². The van der Waals surface area contributed by atoms with Gasteiger partial charge in [0.15, 0.2) is 5.82 Å². The van der Waals surface area contributed by atoms with E-state index in [9.17, 15) is 5.11 Å². The van der Waals surface area contributed by atoms with Gasteiger partial charge in [0.1, 0.15) is 17.4 Å². The molecular formula is C12H10ClN3O. The van der Waals surface area contributed by atoms with Crippen LogP contribution in [0.1, 0.15) is 5.82 Å². The van der Waals surface area contributed by atoms with Crippen LogP contribution < -0.4 is 0 Å². The van der Waals surface area contributed by atoms with Gasteiger partial charge in [-0.1, -0.05) is 12.1 Å². The van der Waals surface area contributed by atoms with Crippen molar-refractivity contribution in [2.75, 3.05) is 5.88 Å². The summed E-state index contributed by atoms with van der Waals surface area (Å²) in [5.74, 6) is 0.158. The number of alkyl halides is 1. The molecule has 2 rings (SSSR count). The van der Waals surface area contributed by atoms with Gasteiger partial charge in [0.2, 0.25) is 0 Å². The van der Waals surface area contributed by atoms with Crippen LogP contribution in [0.15, 0.2) is 30.0 Å². The summed E-state index contributed by atoms with van der Waals surface area (Å²) in [4.78, 5) is 4.32. The van der Waals surface area contributed by atoms with Crippen molar-refractivity contribution in [1.82, 2.24) is 9.55 Å². The van der Waals surface area contributed by atoms with Crippen molar-refractivity contribution in [3.63, 3.8) is 0 Å². The van der Waals surface area contributed by atoms with Crippen molar-refractivity contribution < 1.29 is 5.11 Å². The van der Waals surface area contributed by atoms with Crippen LogP contribution in [-0.4, -0.2) is 20.5 Å². The molecule has 86 valence electrons.